The molecule has 3 N–H and O–H groups in total. The number of carbonyl (C=O) groups is 1. The first kappa shape index (κ1) is 16.8. The third-order valence-corrected chi connectivity index (χ3v) is 4.40. The molecule has 0 radical (unpaired) electrons. The number of nitrogens with zero attached hydrogens (tertiary/aromatic N) is 1. The van der Waals surface area contributed by atoms with Crippen molar-refractivity contribution < 1.29 is 4.79 Å². The van der Waals surface area contributed by atoms with Gasteiger partial charge >= 0.3 is 0 Å². The number of amides is 1. The fourth-order valence-corrected chi connectivity index (χ4v) is 3.01. The number of aromatic nitrogens is 2. The maximum Gasteiger partial charge on any atom is 0.230 e. The van der Waals surface area contributed by atoms with E-state index in [1.54, 1.807) is 12.3 Å². The molecule has 1 amide bonds. The van der Waals surface area contributed by atoms with Gasteiger partial charge in [-0.25, -0.2) is 4.98 Å². The highest BCUT2D eigenvalue weighted by Crippen LogP contribution is 2.18. The molecule has 0 aliphatic rings. The molecule has 0 aliphatic heterocycles. The number of aromatic amines is 1. The van der Waals surface area contributed by atoms with Crippen LogP contribution in [0.15, 0.2) is 79.1 Å². The Labute approximate surface area is 157 Å². The predicted octanol–water partition coefficient (Wildman–Crippen LogP) is 4.36. The molecule has 0 fully saturated rings. The number of pyridine rings is 1. The molecule has 0 aliphatic carbocycles. The maximum absolute atomic E-state index is 12.3. The van der Waals surface area contributed by atoms with E-state index in [2.05, 4.69) is 32.7 Å². The summed E-state index contributed by atoms with van der Waals surface area (Å²) in [5.74, 6) is 0.461. The van der Waals surface area contributed by atoms with E-state index in [0.29, 0.717) is 12.2 Å². The molecular weight excluding hydrogens is 336 g/mol. The Kier molecular flexibility index (Phi) is 4.83. The highest BCUT2D eigenvalue weighted by Gasteiger charge is 2.09. The van der Waals surface area contributed by atoms with Crippen LogP contribution in [0, 0.1) is 0 Å². The van der Waals surface area contributed by atoms with E-state index in [-0.39, 0.29) is 5.91 Å². The summed E-state index contributed by atoms with van der Waals surface area (Å²) in [5.41, 5.74) is 4.12. The van der Waals surface area contributed by atoms with Crippen LogP contribution < -0.4 is 10.6 Å². The van der Waals surface area contributed by atoms with Crippen molar-refractivity contribution in [3.8, 4) is 0 Å². The van der Waals surface area contributed by atoms with Gasteiger partial charge in [-0.15, -0.1) is 0 Å². The molecule has 0 atom stereocenters. The molecule has 2 aromatic heterocycles. The van der Waals surface area contributed by atoms with Gasteiger partial charge in [0.2, 0.25) is 5.91 Å². The number of hydrogen-bond donors (Lipinski definition) is 3. The standard InChI is InChI=1S/C22H20N4O/c27-22(12-17-14-24-20-9-5-4-8-19(17)20)26-21-11-10-18(15-25-21)23-13-16-6-2-1-3-7-16/h1-11,14-15,23-24H,12-13H2,(H,25,26,27). The summed E-state index contributed by atoms with van der Waals surface area (Å²) in [6.07, 6.45) is 3.91. The third kappa shape index (κ3) is 4.15. The number of rotatable bonds is 6. The van der Waals surface area contributed by atoms with Crippen LogP contribution in [0.4, 0.5) is 11.5 Å². The Morgan fingerprint density at radius 2 is 1.78 bits per heavy atom. The predicted molar refractivity (Wildman–Crippen MR) is 109 cm³/mol. The molecule has 5 nitrogen and oxygen atoms in total. The average Bonchev–Trinajstić information content (AvgIpc) is 3.11. The van der Waals surface area contributed by atoms with Crippen LogP contribution in [-0.2, 0) is 17.8 Å². The molecule has 27 heavy (non-hydrogen) atoms. The lowest BCUT2D eigenvalue weighted by Crippen LogP contribution is -2.15. The van der Waals surface area contributed by atoms with Gasteiger partial charge in [-0.2, -0.15) is 0 Å². The van der Waals surface area contributed by atoms with Crippen LogP contribution in [0.25, 0.3) is 10.9 Å². The van der Waals surface area contributed by atoms with Crippen LogP contribution in [0.1, 0.15) is 11.1 Å². The first-order valence-corrected chi connectivity index (χ1v) is 8.86. The lowest BCUT2D eigenvalue weighted by Gasteiger charge is -2.08. The molecule has 0 bridgehead atoms. The Bertz CT molecular complexity index is 1040. The summed E-state index contributed by atoms with van der Waals surface area (Å²) < 4.78 is 0. The number of fused-ring (bicyclic) bond motifs is 1. The molecule has 2 aromatic carbocycles. The summed E-state index contributed by atoms with van der Waals surface area (Å²) >= 11 is 0. The van der Waals surface area contributed by atoms with Gasteiger partial charge in [0, 0.05) is 23.6 Å². The Morgan fingerprint density at radius 3 is 2.59 bits per heavy atom. The number of para-hydroxylation sites is 1. The van der Waals surface area contributed by atoms with E-state index in [1.807, 2.05) is 54.7 Å². The van der Waals surface area contributed by atoms with Crippen molar-refractivity contribution in [1.82, 2.24) is 9.97 Å². The van der Waals surface area contributed by atoms with E-state index in [4.69, 9.17) is 0 Å². The SMILES string of the molecule is O=C(Cc1c[nH]c2ccccc12)Nc1ccc(NCc2ccccc2)cn1. The maximum atomic E-state index is 12.3. The largest absolute Gasteiger partial charge is 0.380 e. The van der Waals surface area contributed by atoms with E-state index in [1.165, 1.54) is 5.56 Å². The second-order valence-corrected chi connectivity index (χ2v) is 6.36. The molecular formula is C22H20N4O. The van der Waals surface area contributed by atoms with Gasteiger partial charge < -0.3 is 15.6 Å². The monoisotopic (exact) mass is 356 g/mol. The van der Waals surface area contributed by atoms with Crippen molar-refractivity contribution in [2.24, 2.45) is 0 Å². The number of H-pyrrole nitrogens is 1. The summed E-state index contributed by atoms with van der Waals surface area (Å²) in [7, 11) is 0. The van der Waals surface area contributed by atoms with Crippen molar-refractivity contribution in [1.29, 1.82) is 0 Å². The van der Waals surface area contributed by atoms with E-state index >= 15 is 0 Å². The number of anilines is 2. The number of benzene rings is 2. The molecule has 4 aromatic rings. The highest BCUT2D eigenvalue weighted by molar-refractivity contribution is 5.95. The second-order valence-electron chi connectivity index (χ2n) is 6.36. The minimum Gasteiger partial charge on any atom is -0.380 e. The molecule has 4 rings (SSSR count). The fourth-order valence-electron chi connectivity index (χ4n) is 3.01. The Morgan fingerprint density at radius 1 is 0.963 bits per heavy atom. The first-order chi connectivity index (χ1) is 13.3. The normalized spacial score (nSPS) is 10.7. The highest BCUT2D eigenvalue weighted by atomic mass is 16.1. The third-order valence-electron chi connectivity index (χ3n) is 4.40. The van der Waals surface area contributed by atoms with E-state index < -0.39 is 0 Å². The quantitative estimate of drug-likeness (QED) is 0.481. The van der Waals surface area contributed by atoms with E-state index in [9.17, 15) is 4.79 Å². The summed E-state index contributed by atoms with van der Waals surface area (Å²) in [4.78, 5) is 19.8. The summed E-state index contributed by atoms with van der Waals surface area (Å²) in [5, 5.41) is 7.24. The van der Waals surface area contributed by atoms with Crippen LogP contribution >= 0.6 is 0 Å². The molecule has 0 saturated heterocycles. The summed E-state index contributed by atoms with van der Waals surface area (Å²) in [6, 6.07) is 21.8. The van der Waals surface area contributed by atoms with Crippen molar-refractivity contribution in [3.05, 3.63) is 90.3 Å². The van der Waals surface area contributed by atoms with Crippen molar-refractivity contribution in [2.45, 2.75) is 13.0 Å². The minimum absolute atomic E-state index is 0.0859. The van der Waals surface area contributed by atoms with Crippen molar-refractivity contribution >= 4 is 28.3 Å². The first-order valence-electron chi connectivity index (χ1n) is 8.86. The number of nitrogens with one attached hydrogen (secondary N) is 3. The minimum atomic E-state index is -0.0859. The molecule has 0 unspecified atom stereocenters. The van der Waals surface area contributed by atoms with Crippen LogP contribution in [-0.4, -0.2) is 15.9 Å². The Balaban J connectivity index is 1.34. The van der Waals surface area contributed by atoms with Crippen LogP contribution in [0.5, 0.6) is 0 Å². The van der Waals surface area contributed by atoms with Gasteiger partial charge in [0.15, 0.2) is 0 Å². The average molecular weight is 356 g/mol. The van der Waals surface area contributed by atoms with Crippen molar-refractivity contribution in [2.75, 3.05) is 10.6 Å². The second kappa shape index (κ2) is 7.74. The van der Waals surface area contributed by atoms with Crippen LogP contribution in [0.3, 0.4) is 0 Å². The van der Waals surface area contributed by atoms with Gasteiger partial charge in [0.05, 0.1) is 18.3 Å². The van der Waals surface area contributed by atoms with E-state index in [0.717, 1.165) is 28.7 Å². The summed E-state index contributed by atoms with van der Waals surface area (Å²) in [6.45, 7) is 0.731. The molecule has 0 saturated carbocycles. The smallest absolute Gasteiger partial charge is 0.230 e. The van der Waals surface area contributed by atoms with Gasteiger partial charge in [0.1, 0.15) is 5.82 Å². The zero-order valence-electron chi connectivity index (χ0n) is 14.8. The lowest BCUT2D eigenvalue weighted by molar-refractivity contribution is -0.115. The van der Waals surface area contributed by atoms with Crippen LogP contribution in [0.2, 0.25) is 0 Å². The van der Waals surface area contributed by atoms with Gasteiger partial charge in [-0.05, 0) is 29.3 Å². The Hall–Kier alpha value is -3.60. The molecule has 134 valence electrons. The fraction of sp³-hybridized carbons (Fsp3) is 0.0909. The number of carbonyl (C=O) groups excluding carboxylic acids is 1. The lowest BCUT2D eigenvalue weighted by atomic mass is 10.1. The van der Waals surface area contributed by atoms with Gasteiger partial charge in [0.25, 0.3) is 0 Å². The molecule has 2 heterocycles. The zero-order valence-corrected chi connectivity index (χ0v) is 14.8. The topological polar surface area (TPSA) is 69.8 Å². The molecule has 5 heteroatoms. The van der Waals surface area contributed by atoms with Crippen molar-refractivity contribution in [3.63, 3.8) is 0 Å². The zero-order chi connectivity index (χ0) is 18.5. The number of hydrogen-bond acceptors (Lipinski definition) is 3. The van der Waals surface area contributed by atoms with Gasteiger partial charge in [-0.1, -0.05) is 48.5 Å². The van der Waals surface area contributed by atoms with Gasteiger partial charge in [-0.3, -0.25) is 4.79 Å². The molecule has 0 spiro atoms.